The third kappa shape index (κ3) is 3.55. The molecule has 0 aliphatic carbocycles. The Morgan fingerprint density at radius 1 is 1.20 bits per heavy atom. The zero-order valence-electron chi connectivity index (χ0n) is 10.8. The van der Waals surface area contributed by atoms with Gasteiger partial charge < -0.3 is 4.74 Å². The van der Waals surface area contributed by atoms with Crippen LogP contribution in [0.1, 0.15) is 10.4 Å². The van der Waals surface area contributed by atoms with Crippen molar-refractivity contribution in [2.75, 3.05) is 12.9 Å². The zero-order chi connectivity index (χ0) is 14.5. The van der Waals surface area contributed by atoms with Crippen LogP contribution in [0.3, 0.4) is 0 Å². The fourth-order valence-electron chi connectivity index (χ4n) is 1.75. The first-order chi connectivity index (χ1) is 9.61. The monoisotopic (exact) mass is 352 g/mol. The number of ketones is 1. The predicted octanol–water partition coefficient (Wildman–Crippen LogP) is 3.45. The Morgan fingerprint density at radius 3 is 2.65 bits per heavy atom. The number of rotatable bonds is 5. The van der Waals surface area contributed by atoms with Gasteiger partial charge in [-0.15, -0.1) is 0 Å². The Morgan fingerprint density at radius 2 is 1.95 bits per heavy atom. The number of Topliss-reactive ketones (excluding diaryl/α,β-unsaturated/α-hetero) is 1. The van der Waals surface area contributed by atoms with E-state index in [0.717, 1.165) is 4.47 Å². The van der Waals surface area contributed by atoms with Crippen molar-refractivity contribution in [3.63, 3.8) is 0 Å². The fourth-order valence-corrected chi connectivity index (χ4v) is 3.31. The number of para-hydroxylation sites is 1. The second-order valence-corrected chi connectivity index (χ2v) is 6.41. The van der Waals surface area contributed by atoms with Gasteiger partial charge in [-0.3, -0.25) is 9.00 Å². The van der Waals surface area contributed by atoms with E-state index in [4.69, 9.17) is 4.74 Å². The first kappa shape index (κ1) is 14.9. The number of hydrogen-bond acceptors (Lipinski definition) is 3. The van der Waals surface area contributed by atoms with Crippen LogP contribution < -0.4 is 4.74 Å². The average Bonchev–Trinajstić information content (AvgIpc) is 2.47. The van der Waals surface area contributed by atoms with Gasteiger partial charge in [-0.2, -0.15) is 0 Å². The molecule has 0 radical (unpaired) electrons. The number of carbonyl (C=O) groups excluding carboxylic acids is 1. The highest BCUT2D eigenvalue weighted by atomic mass is 79.9. The van der Waals surface area contributed by atoms with Crippen molar-refractivity contribution in [1.29, 1.82) is 0 Å². The number of hydrogen-bond donors (Lipinski definition) is 0. The quantitative estimate of drug-likeness (QED) is 0.774. The molecule has 0 saturated carbocycles. The normalized spacial score (nSPS) is 11.9. The molecule has 0 bridgehead atoms. The van der Waals surface area contributed by atoms with Crippen molar-refractivity contribution in [3.8, 4) is 5.75 Å². The summed E-state index contributed by atoms with van der Waals surface area (Å²) in [4.78, 5) is 12.7. The SMILES string of the molecule is COc1ccccc1S(=O)CC(=O)c1cccc(Br)c1. The van der Waals surface area contributed by atoms with Crippen LogP contribution in [0.25, 0.3) is 0 Å². The van der Waals surface area contributed by atoms with Gasteiger partial charge in [0.05, 0.1) is 28.6 Å². The van der Waals surface area contributed by atoms with Gasteiger partial charge in [-0.1, -0.05) is 40.2 Å². The van der Waals surface area contributed by atoms with Crippen LogP contribution in [0.15, 0.2) is 57.9 Å². The van der Waals surface area contributed by atoms with E-state index in [2.05, 4.69) is 15.9 Å². The second kappa shape index (κ2) is 6.81. The maximum atomic E-state index is 12.3. The van der Waals surface area contributed by atoms with Crippen molar-refractivity contribution in [3.05, 3.63) is 58.6 Å². The summed E-state index contributed by atoms with van der Waals surface area (Å²) in [5, 5.41) is 0. The summed E-state index contributed by atoms with van der Waals surface area (Å²) >= 11 is 3.32. The van der Waals surface area contributed by atoms with Crippen molar-refractivity contribution in [1.82, 2.24) is 0 Å². The molecule has 0 N–H and O–H groups in total. The maximum absolute atomic E-state index is 12.3. The Balaban J connectivity index is 2.17. The summed E-state index contributed by atoms with van der Waals surface area (Å²) < 4.78 is 18.3. The van der Waals surface area contributed by atoms with E-state index in [1.807, 2.05) is 6.07 Å². The summed E-state index contributed by atoms with van der Waals surface area (Å²) in [7, 11) is 0.0981. The molecule has 5 heteroatoms. The zero-order valence-corrected chi connectivity index (χ0v) is 13.2. The van der Waals surface area contributed by atoms with Gasteiger partial charge in [0.15, 0.2) is 5.78 Å². The Bertz CT molecular complexity index is 655. The largest absolute Gasteiger partial charge is 0.495 e. The third-order valence-electron chi connectivity index (χ3n) is 2.72. The lowest BCUT2D eigenvalue weighted by Gasteiger charge is -2.07. The summed E-state index contributed by atoms with van der Waals surface area (Å²) in [6.07, 6.45) is 0. The Kier molecular flexibility index (Phi) is 5.09. The molecule has 20 heavy (non-hydrogen) atoms. The van der Waals surface area contributed by atoms with Crippen LogP contribution in [0.2, 0.25) is 0 Å². The highest BCUT2D eigenvalue weighted by Gasteiger charge is 2.15. The molecule has 0 aliphatic rings. The molecule has 2 aromatic rings. The summed E-state index contributed by atoms with van der Waals surface area (Å²) in [5.74, 6) is 0.319. The molecule has 2 rings (SSSR count). The molecule has 104 valence electrons. The van der Waals surface area contributed by atoms with Gasteiger partial charge in [0.1, 0.15) is 5.75 Å². The topological polar surface area (TPSA) is 43.4 Å². The standard InChI is InChI=1S/C15H13BrO3S/c1-19-14-7-2-3-8-15(14)20(18)10-13(17)11-5-4-6-12(16)9-11/h2-9H,10H2,1H3. The van der Waals surface area contributed by atoms with Crippen molar-refractivity contribution < 1.29 is 13.7 Å². The maximum Gasteiger partial charge on any atom is 0.175 e. The van der Waals surface area contributed by atoms with Crippen molar-refractivity contribution in [2.45, 2.75) is 4.90 Å². The third-order valence-corrected chi connectivity index (χ3v) is 4.57. The molecule has 0 amide bonds. The highest BCUT2D eigenvalue weighted by Crippen LogP contribution is 2.22. The van der Waals surface area contributed by atoms with Gasteiger partial charge in [-0.25, -0.2) is 0 Å². The number of halogens is 1. The van der Waals surface area contributed by atoms with Crippen LogP contribution in [0.5, 0.6) is 5.75 Å². The van der Waals surface area contributed by atoms with E-state index in [9.17, 15) is 9.00 Å². The molecule has 0 aliphatic heterocycles. The second-order valence-electron chi connectivity index (χ2n) is 4.07. The smallest absolute Gasteiger partial charge is 0.175 e. The highest BCUT2D eigenvalue weighted by molar-refractivity contribution is 9.10. The molecule has 0 aromatic heterocycles. The number of benzene rings is 2. The van der Waals surface area contributed by atoms with Crippen molar-refractivity contribution >= 4 is 32.5 Å². The molecule has 0 heterocycles. The molecular weight excluding hydrogens is 340 g/mol. The lowest BCUT2D eigenvalue weighted by Crippen LogP contribution is -2.11. The Labute approximate surface area is 128 Å². The summed E-state index contributed by atoms with van der Waals surface area (Å²) in [6.45, 7) is 0. The van der Waals surface area contributed by atoms with E-state index in [1.165, 1.54) is 7.11 Å². The molecule has 2 aromatic carbocycles. The lowest BCUT2D eigenvalue weighted by atomic mass is 10.2. The van der Waals surface area contributed by atoms with Crippen LogP contribution in [0, 0.1) is 0 Å². The van der Waals surface area contributed by atoms with Crippen LogP contribution in [0.4, 0.5) is 0 Å². The number of methoxy groups -OCH3 is 1. The van der Waals surface area contributed by atoms with Crippen LogP contribution >= 0.6 is 15.9 Å². The molecule has 0 saturated heterocycles. The van der Waals surface area contributed by atoms with Crippen LogP contribution in [-0.4, -0.2) is 22.9 Å². The summed E-state index contributed by atoms with van der Waals surface area (Å²) in [5.41, 5.74) is 0.544. The average molecular weight is 353 g/mol. The minimum Gasteiger partial charge on any atom is -0.495 e. The molecule has 1 atom stereocenters. The van der Waals surface area contributed by atoms with E-state index < -0.39 is 10.8 Å². The van der Waals surface area contributed by atoms with Gasteiger partial charge in [0.25, 0.3) is 0 Å². The van der Waals surface area contributed by atoms with Crippen LogP contribution in [-0.2, 0) is 10.8 Å². The molecule has 3 nitrogen and oxygen atoms in total. The van der Waals surface area contributed by atoms with Gasteiger partial charge >= 0.3 is 0 Å². The van der Waals surface area contributed by atoms with E-state index in [1.54, 1.807) is 42.5 Å². The number of carbonyl (C=O) groups is 1. The van der Waals surface area contributed by atoms with Gasteiger partial charge in [0, 0.05) is 10.0 Å². The first-order valence-electron chi connectivity index (χ1n) is 5.92. The molecule has 0 fully saturated rings. The Hall–Kier alpha value is -1.46. The fraction of sp³-hybridized carbons (Fsp3) is 0.133. The van der Waals surface area contributed by atoms with Gasteiger partial charge in [0.2, 0.25) is 0 Å². The molecule has 1 unspecified atom stereocenters. The molecule has 0 spiro atoms. The van der Waals surface area contributed by atoms with E-state index in [0.29, 0.717) is 16.2 Å². The van der Waals surface area contributed by atoms with Gasteiger partial charge in [-0.05, 0) is 24.3 Å². The predicted molar refractivity (Wildman–Crippen MR) is 82.7 cm³/mol. The van der Waals surface area contributed by atoms with E-state index in [-0.39, 0.29) is 11.5 Å². The minimum absolute atomic E-state index is 0.0587. The summed E-state index contributed by atoms with van der Waals surface area (Å²) in [6, 6.07) is 14.1. The number of ether oxygens (including phenoxy) is 1. The van der Waals surface area contributed by atoms with E-state index >= 15 is 0 Å². The molecular formula is C15H13BrO3S. The minimum atomic E-state index is -1.42. The first-order valence-corrected chi connectivity index (χ1v) is 8.03. The lowest BCUT2D eigenvalue weighted by molar-refractivity contribution is 0.102. The van der Waals surface area contributed by atoms with Crippen molar-refractivity contribution in [2.24, 2.45) is 0 Å².